The van der Waals surface area contributed by atoms with Crippen LogP contribution in [0.2, 0.25) is 0 Å². The van der Waals surface area contributed by atoms with Crippen molar-refractivity contribution in [1.29, 1.82) is 0 Å². The number of imide groups is 1. The summed E-state index contributed by atoms with van der Waals surface area (Å²) in [6.07, 6.45) is 1.95. The topological polar surface area (TPSA) is 61.8 Å². The van der Waals surface area contributed by atoms with Gasteiger partial charge in [-0.15, -0.1) is 0 Å². The first kappa shape index (κ1) is 18.4. The zero-order valence-electron chi connectivity index (χ0n) is 17.2. The molecule has 0 N–H and O–H groups in total. The van der Waals surface area contributed by atoms with E-state index in [0.717, 1.165) is 22.4 Å². The molecule has 0 saturated carbocycles. The third-order valence-electron chi connectivity index (χ3n) is 5.60. The minimum absolute atomic E-state index is 0.211. The molecule has 0 spiro atoms. The lowest BCUT2D eigenvalue weighted by Crippen LogP contribution is -2.62. The highest BCUT2D eigenvalue weighted by molar-refractivity contribution is 6.19. The Hall–Kier alpha value is -2.96. The highest BCUT2D eigenvalue weighted by Gasteiger charge is 2.53. The summed E-state index contributed by atoms with van der Waals surface area (Å²) in [5.41, 5.74) is 4.20. The lowest BCUT2D eigenvalue weighted by atomic mass is 10.0. The number of benzene rings is 1. The highest BCUT2D eigenvalue weighted by atomic mass is 16.2. The van der Waals surface area contributed by atoms with Crippen LogP contribution in [0.3, 0.4) is 0 Å². The third kappa shape index (κ3) is 2.57. The number of imidazole rings is 1. The van der Waals surface area contributed by atoms with Crippen molar-refractivity contribution in [3.8, 4) is 0 Å². The maximum Gasteiger partial charge on any atom is 0.402 e. The predicted octanol–water partition coefficient (Wildman–Crippen LogP) is 2.96. The van der Waals surface area contributed by atoms with Gasteiger partial charge in [-0.1, -0.05) is 28.8 Å². The van der Waals surface area contributed by atoms with E-state index in [1.165, 1.54) is 9.80 Å². The number of rotatable bonds is 3. The average Bonchev–Trinajstić information content (AvgIpc) is 3.13. The zero-order valence-corrected chi connectivity index (χ0v) is 17.2. The van der Waals surface area contributed by atoms with Crippen LogP contribution in [0, 0.1) is 20.8 Å². The summed E-state index contributed by atoms with van der Waals surface area (Å²) < 4.78 is 3.98. The molecule has 0 radical (unpaired) electrons. The monoisotopic (exact) mass is 380 g/mol. The van der Waals surface area contributed by atoms with Crippen LogP contribution in [0.5, 0.6) is 0 Å². The summed E-state index contributed by atoms with van der Waals surface area (Å²) in [6.45, 7) is 10.4. The number of aryl methyl sites for hydroxylation is 3. The van der Waals surface area contributed by atoms with Gasteiger partial charge < -0.3 is 0 Å². The number of aromatic nitrogens is 2. The molecule has 4 rings (SSSR count). The van der Waals surface area contributed by atoms with E-state index in [4.69, 9.17) is 0 Å². The third-order valence-corrected chi connectivity index (χ3v) is 5.60. The minimum Gasteiger partial charge on any atom is -0.270 e. The van der Waals surface area contributed by atoms with Gasteiger partial charge in [-0.2, -0.15) is 0 Å². The highest BCUT2D eigenvalue weighted by Crippen LogP contribution is 2.31. The van der Waals surface area contributed by atoms with E-state index in [9.17, 15) is 9.59 Å². The molecule has 146 valence electrons. The Bertz CT molecular complexity index is 1030. The molecule has 1 saturated heterocycles. The van der Waals surface area contributed by atoms with E-state index < -0.39 is 6.04 Å². The Morgan fingerprint density at radius 1 is 1.18 bits per heavy atom. The molecule has 1 atom stereocenters. The van der Waals surface area contributed by atoms with E-state index in [2.05, 4.69) is 23.4 Å². The summed E-state index contributed by atoms with van der Waals surface area (Å²) in [5, 5.41) is 0. The fraction of sp³-hybridized carbons (Fsp3) is 0.429. The normalized spacial score (nSPS) is 18.7. The van der Waals surface area contributed by atoms with Crippen molar-refractivity contribution in [3.63, 3.8) is 0 Å². The number of fused-ring (bicyclic) bond motifs is 3. The summed E-state index contributed by atoms with van der Waals surface area (Å²) >= 11 is 0. The largest absolute Gasteiger partial charge is 0.402 e. The number of hydrogen-bond acceptors (Lipinski definition) is 3. The molecule has 2 aliphatic heterocycles. The van der Waals surface area contributed by atoms with Crippen molar-refractivity contribution in [1.82, 2.24) is 14.4 Å². The van der Waals surface area contributed by atoms with Crippen LogP contribution >= 0.6 is 0 Å². The van der Waals surface area contributed by atoms with E-state index in [0.29, 0.717) is 11.8 Å². The standard InChI is InChI=1S/C21H26N5O2/c1-12(2)26-15(5)10-24-17-18(22-20(24)26)23(6)21(28)25(19(17)27)11-16-9-13(3)7-8-14(16)4/h7-10,12,17H,11H2,1-6H3/q+1. The van der Waals surface area contributed by atoms with Crippen molar-refractivity contribution in [2.75, 3.05) is 7.05 Å². The molecular formula is C21H26N5O2+. The van der Waals surface area contributed by atoms with Gasteiger partial charge in [0.1, 0.15) is 11.9 Å². The molecule has 0 bridgehead atoms. The number of hydrogen-bond donors (Lipinski definition) is 0. The van der Waals surface area contributed by atoms with Crippen LogP contribution in [-0.4, -0.2) is 39.2 Å². The van der Waals surface area contributed by atoms with Gasteiger partial charge in [0.15, 0.2) is 0 Å². The maximum absolute atomic E-state index is 13.4. The lowest BCUT2D eigenvalue weighted by molar-refractivity contribution is -0.677. The molecule has 28 heavy (non-hydrogen) atoms. The number of amides is 3. The number of aliphatic imine (C=N–C) groups is 1. The Balaban J connectivity index is 1.76. The molecule has 1 aromatic heterocycles. The molecule has 1 aromatic carbocycles. The van der Waals surface area contributed by atoms with Crippen LogP contribution in [0.15, 0.2) is 29.4 Å². The van der Waals surface area contributed by atoms with Crippen LogP contribution in [0.25, 0.3) is 0 Å². The van der Waals surface area contributed by atoms with Gasteiger partial charge in [0.05, 0.1) is 12.6 Å². The number of nitrogens with zero attached hydrogens (tertiary/aromatic N) is 5. The summed E-state index contributed by atoms with van der Waals surface area (Å²) in [4.78, 5) is 33.9. The van der Waals surface area contributed by atoms with Crippen molar-refractivity contribution in [2.45, 2.75) is 53.2 Å². The van der Waals surface area contributed by atoms with Gasteiger partial charge in [0.25, 0.3) is 5.91 Å². The average molecular weight is 380 g/mol. The van der Waals surface area contributed by atoms with Gasteiger partial charge in [-0.05, 0) is 45.7 Å². The zero-order chi connectivity index (χ0) is 20.3. The molecule has 1 fully saturated rings. The molecule has 2 aliphatic rings. The second-order valence-electron chi connectivity index (χ2n) is 8.01. The van der Waals surface area contributed by atoms with E-state index in [1.54, 1.807) is 7.05 Å². The van der Waals surface area contributed by atoms with Crippen LogP contribution in [-0.2, 0) is 11.3 Å². The maximum atomic E-state index is 13.4. The van der Waals surface area contributed by atoms with Gasteiger partial charge in [-0.3, -0.25) is 14.6 Å². The number of amidine groups is 1. The number of urea groups is 1. The molecule has 7 heteroatoms. The smallest absolute Gasteiger partial charge is 0.270 e. The second-order valence-corrected chi connectivity index (χ2v) is 8.01. The van der Waals surface area contributed by atoms with Crippen LogP contribution < -0.4 is 4.57 Å². The fourth-order valence-electron chi connectivity index (χ4n) is 4.13. The molecular weight excluding hydrogens is 354 g/mol. The molecule has 1 unspecified atom stereocenters. The van der Waals surface area contributed by atoms with Crippen molar-refractivity contribution in [3.05, 3.63) is 46.8 Å². The number of carbonyl (C=O) groups excluding carboxylic acids is 2. The number of carbonyl (C=O) groups is 2. The minimum atomic E-state index is -0.596. The Morgan fingerprint density at radius 2 is 1.89 bits per heavy atom. The Labute approximate surface area is 164 Å². The molecule has 7 nitrogen and oxygen atoms in total. The SMILES string of the molecule is Cc1ccc(C)c(CN2C(=O)C3C(=Nc4n(C(C)C)c(C)c[n+]43)N(C)C2=O)c1. The van der Waals surface area contributed by atoms with Crippen LogP contribution in [0.4, 0.5) is 10.7 Å². The van der Waals surface area contributed by atoms with Gasteiger partial charge >= 0.3 is 12.0 Å². The Kier molecular flexibility index (Phi) is 4.14. The number of likely N-dealkylation sites (N-methyl/N-ethyl adjacent to an activating group) is 1. The molecule has 2 aromatic rings. The summed E-state index contributed by atoms with van der Waals surface area (Å²) in [6, 6.07) is 5.37. The van der Waals surface area contributed by atoms with E-state index in [1.807, 2.05) is 49.7 Å². The first-order valence-corrected chi connectivity index (χ1v) is 9.57. The summed E-state index contributed by atoms with van der Waals surface area (Å²) in [7, 11) is 1.69. The van der Waals surface area contributed by atoms with Gasteiger partial charge in [0, 0.05) is 7.05 Å². The molecule has 3 amide bonds. The van der Waals surface area contributed by atoms with Crippen molar-refractivity contribution in [2.24, 2.45) is 4.99 Å². The predicted molar refractivity (Wildman–Crippen MR) is 106 cm³/mol. The first-order chi connectivity index (χ1) is 13.2. The molecule has 0 aliphatic carbocycles. The van der Waals surface area contributed by atoms with Gasteiger partial charge in [0.2, 0.25) is 11.9 Å². The quantitative estimate of drug-likeness (QED) is 0.769. The molecule has 3 heterocycles. The fourth-order valence-corrected chi connectivity index (χ4v) is 4.13. The van der Waals surface area contributed by atoms with Gasteiger partial charge in [-0.25, -0.2) is 13.9 Å². The van der Waals surface area contributed by atoms with Crippen LogP contribution in [0.1, 0.15) is 48.3 Å². The van der Waals surface area contributed by atoms with E-state index >= 15 is 0 Å². The summed E-state index contributed by atoms with van der Waals surface area (Å²) in [5.74, 6) is 0.984. The first-order valence-electron chi connectivity index (χ1n) is 9.57. The second kappa shape index (κ2) is 6.29. The van der Waals surface area contributed by atoms with Crippen molar-refractivity contribution >= 4 is 23.7 Å². The van der Waals surface area contributed by atoms with E-state index in [-0.39, 0.29) is 24.5 Å². The Morgan fingerprint density at radius 3 is 2.57 bits per heavy atom. The lowest BCUT2D eigenvalue weighted by Gasteiger charge is -2.33. The van der Waals surface area contributed by atoms with Crippen molar-refractivity contribution < 1.29 is 14.2 Å².